The molecule has 0 atom stereocenters. The first-order valence-electron chi connectivity index (χ1n) is 3.57. The molecule has 0 aromatic carbocycles. The molecular formula is C7H13N3S. The molecule has 0 aliphatic carbocycles. The van der Waals surface area contributed by atoms with Gasteiger partial charge in [0.05, 0.1) is 0 Å². The Hall–Kier alpha value is -0.480. The van der Waals surface area contributed by atoms with Gasteiger partial charge in [-0.05, 0) is 0 Å². The third kappa shape index (κ3) is 1.97. The van der Waals surface area contributed by atoms with Crippen molar-refractivity contribution >= 4 is 11.3 Å². The molecule has 1 aromatic heterocycles. The summed E-state index contributed by atoms with van der Waals surface area (Å²) in [5, 5.41) is 9.96. The molecule has 2 N–H and O–H groups in total. The van der Waals surface area contributed by atoms with Crippen LogP contribution >= 0.6 is 11.3 Å². The second-order valence-corrected chi connectivity index (χ2v) is 4.52. The van der Waals surface area contributed by atoms with E-state index in [0.29, 0.717) is 6.54 Å². The second-order valence-electron chi connectivity index (χ2n) is 3.46. The summed E-state index contributed by atoms with van der Waals surface area (Å²) in [6.07, 6.45) is 0. The van der Waals surface area contributed by atoms with E-state index in [1.807, 2.05) is 0 Å². The summed E-state index contributed by atoms with van der Waals surface area (Å²) >= 11 is 1.59. The van der Waals surface area contributed by atoms with Crippen molar-refractivity contribution in [1.82, 2.24) is 10.2 Å². The van der Waals surface area contributed by atoms with Gasteiger partial charge in [-0.25, -0.2) is 0 Å². The van der Waals surface area contributed by atoms with Gasteiger partial charge in [-0.2, -0.15) is 0 Å². The van der Waals surface area contributed by atoms with Gasteiger partial charge < -0.3 is 5.73 Å². The number of nitrogens with zero attached hydrogens (tertiary/aromatic N) is 2. The molecule has 1 rings (SSSR count). The Kier molecular flexibility index (Phi) is 2.25. The van der Waals surface area contributed by atoms with Crippen LogP contribution in [0, 0.1) is 0 Å². The van der Waals surface area contributed by atoms with E-state index in [4.69, 9.17) is 5.73 Å². The van der Waals surface area contributed by atoms with Crippen LogP contribution < -0.4 is 5.73 Å². The van der Waals surface area contributed by atoms with Crippen molar-refractivity contribution in [2.45, 2.75) is 32.7 Å². The highest BCUT2D eigenvalue weighted by atomic mass is 32.1. The average Bonchev–Trinajstić information content (AvgIpc) is 2.32. The maximum absolute atomic E-state index is 5.41. The van der Waals surface area contributed by atoms with Gasteiger partial charge in [-0.15, -0.1) is 10.2 Å². The summed E-state index contributed by atoms with van der Waals surface area (Å²) in [4.78, 5) is 0. The van der Waals surface area contributed by atoms with Crippen molar-refractivity contribution in [3.63, 3.8) is 0 Å². The van der Waals surface area contributed by atoms with Crippen LogP contribution in [-0.2, 0) is 12.0 Å². The SMILES string of the molecule is CC(C)(C)c1nnc(CN)s1. The summed E-state index contributed by atoms with van der Waals surface area (Å²) in [5.41, 5.74) is 5.52. The van der Waals surface area contributed by atoms with Crippen molar-refractivity contribution in [2.24, 2.45) is 5.73 Å². The molecule has 0 amide bonds. The highest BCUT2D eigenvalue weighted by Gasteiger charge is 2.18. The van der Waals surface area contributed by atoms with E-state index < -0.39 is 0 Å². The molecule has 4 heteroatoms. The quantitative estimate of drug-likeness (QED) is 0.692. The molecule has 1 heterocycles. The van der Waals surface area contributed by atoms with E-state index in [9.17, 15) is 0 Å². The van der Waals surface area contributed by atoms with Crippen LogP contribution in [0.25, 0.3) is 0 Å². The Bertz CT molecular complexity index is 236. The molecule has 0 fully saturated rings. The van der Waals surface area contributed by atoms with Crippen molar-refractivity contribution in [3.8, 4) is 0 Å². The summed E-state index contributed by atoms with van der Waals surface area (Å²) < 4.78 is 0. The lowest BCUT2D eigenvalue weighted by Crippen LogP contribution is -2.10. The van der Waals surface area contributed by atoms with Crippen LogP contribution in [0.1, 0.15) is 30.8 Å². The van der Waals surface area contributed by atoms with Crippen LogP contribution in [0.15, 0.2) is 0 Å². The first-order valence-corrected chi connectivity index (χ1v) is 4.38. The van der Waals surface area contributed by atoms with Crippen LogP contribution in [-0.4, -0.2) is 10.2 Å². The van der Waals surface area contributed by atoms with E-state index in [1.165, 1.54) is 0 Å². The minimum absolute atomic E-state index is 0.102. The highest BCUT2D eigenvalue weighted by molar-refractivity contribution is 7.11. The van der Waals surface area contributed by atoms with Gasteiger partial charge in [-0.1, -0.05) is 32.1 Å². The van der Waals surface area contributed by atoms with Crippen molar-refractivity contribution in [3.05, 3.63) is 10.0 Å². The predicted octanol–water partition coefficient (Wildman–Crippen LogP) is 1.29. The normalized spacial score (nSPS) is 12.0. The van der Waals surface area contributed by atoms with Gasteiger partial charge in [0.25, 0.3) is 0 Å². The van der Waals surface area contributed by atoms with Crippen LogP contribution in [0.2, 0.25) is 0 Å². The van der Waals surface area contributed by atoms with Crippen LogP contribution in [0.5, 0.6) is 0 Å². The number of aromatic nitrogens is 2. The summed E-state index contributed by atoms with van der Waals surface area (Å²) in [5.74, 6) is 0. The van der Waals surface area contributed by atoms with Gasteiger partial charge in [0.1, 0.15) is 10.0 Å². The molecule has 0 radical (unpaired) electrons. The molecular weight excluding hydrogens is 158 g/mol. The van der Waals surface area contributed by atoms with E-state index in [1.54, 1.807) is 11.3 Å². The summed E-state index contributed by atoms with van der Waals surface area (Å²) in [7, 11) is 0. The second kappa shape index (κ2) is 2.87. The van der Waals surface area contributed by atoms with Gasteiger partial charge in [0.15, 0.2) is 0 Å². The number of hydrogen-bond acceptors (Lipinski definition) is 4. The average molecular weight is 171 g/mol. The van der Waals surface area contributed by atoms with Gasteiger partial charge in [0, 0.05) is 12.0 Å². The van der Waals surface area contributed by atoms with E-state index >= 15 is 0 Å². The monoisotopic (exact) mass is 171 g/mol. The van der Waals surface area contributed by atoms with Crippen molar-refractivity contribution in [1.29, 1.82) is 0 Å². The Morgan fingerprint density at radius 1 is 1.36 bits per heavy atom. The molecule has 1 aromatic rings. The fraction of sp³-hybridized carbons (Fsp3) is 0.714. The molecule has 0 unspecified atom stereocenters. The minimum Gasteiger partial charge on any atom is -0.324 e. The van der Waals surface area contributed by atoms with E-state index in [0.717, 1.165) is 10.0 Å². The summed E-state index contributed by atoms with van der Waals surface area (Å²) in [6.45, 7) is 6.85. The van der Waals surface area contributed by atoms with E-state index in [2.05, 4.69) is 31.0 Å². The third-order valence-electron chi connectivity index (χ3n) is 1.28. The Labute approximate surface area is 70.6 Å². The van der Waals surface area contributed by atoms with Gasteiger partial charge in [-0.3, -0.25) is 0 Å². The Morgan fingerprint density at radius 3 is 2.27 bits per heavy atom. The number of rotatable bonds is 1. The third-order valence-corrected chi connectivity index (χ3v) is 2.65. The topological polar surface area (TPSA) is 51.8 Å². The maximum Gasteiger partial charge on any atom is 0.131 e. The zero-order chi connectivity index (χ0) is 8.48. The molecule has 0 spiro atoms. The smallest absolute Gasteiger partial charge is 0.131 e. The van der Waals surface area contributed by atoms with Crippen LogP contribution in [0.4, 0.5) is 0 Å². The van der Waals surface area contributed by atoms with Crippen molar-refractivity contribution in [2.75, 3.05) is 0 Å². The largest absolute Gasteiger partial charge is 0.324 e. The molecule has 0 saturated heterocycles. The predicted molar refractivity (Wildman–Crippen MR) is 46.5 cm³/mol. The fourth-order valence-corrected chi connectivity index (χ4v) is 1.42. The molecule has 62 valence electrons. The molecule has 0 bridgehead atoms. The lowest BCUT2D eigenvalue weighted by Gasteiger charge is -2.12. The minimum atomic E-state index is 0.102. The molecule has 11 heavy (non-hydrogen) atoms. The molecule has 0 aliphatic heterocycles. The standard InChI is InChI=1S/C7H13N3S/c1-7(2,3)6-10-9-5(4-8)11-6/h4,8H2,1-3H3. The molecule has 0 saturated carbocycles. The fourth-order valence-electron chi connectivity index (χ4n) is 0.639. The lowest BCUT2D eigenvalue weighted by molar-refractivity contribution is 0.577. The number of hydrogen-bond donors (Lipinski definition) is 1. The first kappa shape index (κ1) is 8.62. The first-order chi connectivity index (χ1) is 5.04. The van der Waals surface area contributed by atoms with Gasteiger partial charge >= 0.3 is 0 Å². The lowest BCUT2D eigenvalue weighted by atomic mass is 9.98. The molecule has 0 aliphatic rings. The zero-order valence-electron chi connectivity index (χ0n) is 7.09. The Balaban J connectivity index is 2.89. The maximum atomic E-state index is 5.41. The highest BCUT2D eigenvalue weighted by Crippen LogP contribution is 2.24. The molecule has 3 nitrogen and oxygen atoms in total. The Morgan fingerprint density at radius 2 is 2.00 bits per heavy atom. The van der Waals surface area contributed by atoms with Crippen LogP contribution in [0.3, 0.4) is 0 Å². The van der Waals surface area contributed by atoms with E-state index in [-0.39, 0.29) is 5.41 Å². The van der Waals surface area contributed by atoms with Crippen molar-refractivity contribution < 1.29 is 0 Å². The summed E-state index contributed by atoms with van der Waals surface area (Å²) in [6, 6.07) is 0. The zero-order valence-corrected chi connectivity index (χ0v) is 7.90. The van der Waals surface area contributed by atoms with Gasteiger partial charge in [0.2, 0.25) is 0 Å². The number of nitrogens with two attached hydrogens (primary N) is 1.